The number of hydrogen-bond donors (Lipinski definition) is 1. The van der Waals surface area contributed by atoms with Gasteiger partial charge in [0, 0.05) is 19.9 Å². The van der Waals surface area contributed by atoms with E-state index in [9.17, 15) is 9.59 Å². The standard InChI is InChI=1S/C12H19NO3/c1-5-6-7-8-9-10(14)13(4)12(2,3)11(15)16/h1H,6-9H2,2-4H3,(H,15,16). The van der Waals surface area contributed by atoms with Gasteiger partial charge in [-0.05, 0) is 26.7 Å². The van der Waals surface area contributed by atoms with Crippen LogP contribution in [0.2, 0.25) is 0 Å². The Balaban J connectivity index is 4.19. The summed E-state index contributed by atoms with van der Waals surface area (Å²) < 4.78 is 0. The highest BCUT2D eigenvalue weighted by molar-refractivity contribution is 5.86. The first kappa shape index (κ1) is 14.5. The van der Waals surface area contributed by atoms with E-state index in [0.29, 0.717) is 19.3 Å². The number of carboxylic acid groups (broad SMARTS) is 1. The number of rotatable bonds is 6. The Labute approximate surface area is 96.6 Å². The molecule has 0 aromatic carbocycles. The molecule has 0 rings (SSSR count). The van der Waals surface area contributed by atoms with Crippen molar-refractivity contribution in [3.63, 3.8) is 0 Å². The lowest BCUT2D eigenvalue weighted by molar-refractivity contribution is -0.155. The van der Waals surface area contributed by atoms with E-state index in [1.54, 1.807) is 0 Å². The van der Waals surface area contributed by atoms with Crippen molar-refractivity contribution in [2.75, 3.05) is 7.05 Å². The topological polar surface area (TPSA) is 57.6 Å². The molecule has 0 radical (unpaired) electrons. The number of nitrogens with zero attached hydrogens (tertiary/aromatic N) is 1. The smallest absolute Gasteiger partial charge is 0.329 e. The summed E-state index contributed by atoms with van der Waals surface area (Å²) in [7, 11) is 1.51. The highest BCUT2D eigenvalue weighted by Crippen LogP contribution is 2.14. The average Bonchev–Trinajstić information content (AvgIpc) is 2.22. The Morgan fingerprint density at radius 2 is 1.94 bits per heavy atom. The minimum absolute atomic E-state index is 0.163. The molecule has 4 heteroatoms. The van der Waals surface area contributed by atoms with Crippen molar-refractivity contribution in [2.45, 2.75) is 45.1 Å². The molecule has 90 valence electrons. The van der Waals surface area contributed by atoms with E-state index in [4.69, 9.17) is 11.5 Å². The van der Waals surface area contributed by atoms with Gasteiger partial charge in [-0.2, -0.15) is 0 Å². The number of likely N-dealkylation sites (N-methyl/N-ethyl adjacent to an activating group) is 1. The molecule has 1 N–H and O–H groups in total. The van der Waals surface area contributed by atoms with Gasteiger partial charge in [0.1, 0.15) is 5.54 Å². The Morgan fingerprint density at radius 3 is 2.38 bits per heavy atom. The third-order valence-electron chi connectivity index (χ3n) is 2.70. The van der Waals surface area contributed by atoms with Crippen LogP contribution >= 0.6 is 0 Å². The van der Waals surface area contributed by atoms with Crippen LogP contribution in [-0.2, 0) is 9.59 Å². The number of amides is 1. The van der Waals surface area contributed by atoms with Crippen molar-refractivity contribution in [2.24, 2.45) is 0 Å². The van der Waals surface area contributed by atoms with Gasteiger partial charge in [-0.3, -0.25) is 4.79 Å². The summed E-state index contributed by atoms with van der Waals surface area (Å²) in [5.41, 5.74) is -1.16. The van der Waals surface area contributed by atoms with E-state index in [1.807, 2.05) is 0 Å². The van der Waals surface area contributed by atoms with Crippen LogP contribution in [-0.4, -0.2) is 34.5 Å². The van der Waals surface area contributed by atoms with Crippen LogP contribution < -0.4 is 0 Å². The number of carbonyl (C=O) groups excluding carboxylic acids is 1. The number of carbonyl (C=O) groups is 2. The molecule has 0 fully saturated rings. The van der Waals surface area contributed by atoms with E-state index in [1.165, 1.54) is 25.8 Å². The molecular formula is C12H19NO3. The van der Waals surface area contributed by atoms with Crippen LogP contribution in [0.1, 0.15) is 39.5 Å². The van der Waals surface area contributed by atoms with Gasteiger partial charge in [-0.1, -0.05) is 0 Å². The van der Waals surface area contributed by atoms with Crippen molar-refractivity contribution in [1.82, 2.24) is 4.90 Å². The Kier molecular flexibility index (Phi) is 5.59. The van der Waals surface area contributed by atoms with Crippen molar-refractivity contribution in [3.05, 3.63) is 0 Å². The van der Waals surface area contributed by atoms with Gasteiger partial charge in [0.15, 0.2) is 0 Å². The Hall–Kier alpha value is -1.50. The molecule has 0 spiro atoms. The quantitative estimate of drug-likeness (QED) is 0.550. The van der Waals surface area contributed by atoms with Crippen molar-refractivity contribution < 1.29 is 14.7 Å². The second kappa shape index (κ2) is 6.16. The monoisotopic (exact) mass is 225 g/mol. The minimum atomic E-state index is -1.16. The summed E-state index contributed by atoms with van der Waals surface area (Å²) >= 11 is 0. The summed E-state index contributed by atoms with van der Waals surface area (Å²) in [4.78, 5) is 23.9. The minimum Gasteiger partial charge on any atom is -0.480 e. The van der Waals surface area contributed by atoms with Crippen LogP contribution in [0, 0.1) is 12.3 Å². The molecule has 0 saturated carbocycles. The summed E-state index contributed by atoms with van der Waals surface area (Å²) in [6.07, 6.45) is 7.58. The van der Waals surface area contributed by atoms with E-state index in [0.717, 1.165) is 6.42 Å². The maximum absolute atomic E-state index is 11.7. The molecule has 0 saturated heterocycles. The molecule has 1 amide bonds. The predicted octanol–water partition coefficient (Wildman–Crippen LogP) is 1.50. The maximum Gasteiger partial charge on any atom is 0.329 e. The normalized spacial score (nSPS) is 10.6. The molecule has 0 bridgehead atoms. The first-order valence-corrected chi connectivity index (χ1v) is 5.27. The lowest BCUT2D eigenvalue weighted by Crippen LogP contribution is -2.50. The zero-order valence-corrected chi connectivity index (χ0v) is 10.1. The lowest BCUT2D eigenvalue weighted by atomic mass is 10.0. The molecule has 16 heavy (non-hydrogen) atoms. The Bertz CT molecular complexity index is 302. The van der Waals surface area contributed by atoms with Crippen molar-refractivity contribution >= 4 is 11.9 Å². The van der Waals surface area contributed by atoms with Gasteiger partial charge >= 0.3 is 5.97 Å². The van der Waals surface area contributed by atoms with Gasteiger partial charge in [0.2, 0.25) is 5.91 Å². The van der Waals surface area contributed by atoms with E-state index in [2.05, 4.69) is 5.92 Å². The fraction of sp³-hybridized carbons (Fsp3) is 0.667. The summed E-state index contributed by atoms with van der Waals surface area (Å²) in [5.74, 6) is 1.33. The average molecular weight is 225 g/mol. The molecule has 0 aliphatic heterocycles. The summed E-state index contributed by atoms with van der Waals surface area (Å²) in [5, 5.41) is 8.95. The molecule has 0 aromatic heterocycles. The number of aliphatic carboxylic acids is 1. The van der Waals surface area contributed by atoms with E-state index < -0.39 is 11.5 Å². The zero-order valence-electron chi connectivity index (χ0n) is 10.1. The second-order valence-corrected chi connectivity index (χ2v) is 4.23. The SMILES string of the molecule is C#CCCCCC(=O)N(C)C(C)(C)C(=O)O. The van der Waals surface area contributed by atoms with Gasteiger partial charge < -0.3 is 10.0 Å². The first-order chi connectivity index (χ1) is 7.34. The third kappa shape index (κ3) is 3.93. The van der Waals surface area contributed by atoms with Crippen molar-refractivity contribution in [1.29, 1.82) is 0 Å². The van der Waals surface area contributed by atoms with Crippen molar-refractivity contribution in [3.8, 4) is 12.3 Å². The van der Waals surface area contributed by atoms with Crippen LogP contribution in [0.15, 0.2) is 0 Å². The molecule has 0 unspecified atom stereocenters. The molecule has 0 aliphatic carbocycles. The fourth-order valence-corrected chi connectivity index (χ4v) is 1.13. The fourth-order valence-electron chi connectivity index (χ4n) is 1.13. The third-order valence-corrected chi connectivity index (χ3v) is 2.70. The lowest BCUT2D eigenvalue weighted by Gasteiger charge is -2.31. The number of terminal acetylenes is 1. The molecule has 0 aliphatic rings. The van der Waals surface area contributed by atoms with Gasteiger partial charge in [-0.25, -0.2) is 4.79 Å². The van der Waals surface area contributed by atoms with Gasteiger partial charge in [0.05, 0.1) is 0 Å². The van der Waals surface area contributed by atoms with Crippen LogP contribution in [0.3, 0.4) is 0 Å². The van der Waals surface area contributed by atoms with Crippen LogP contribution in [0.25, 0.3) is 0 Å². The van der Waals surface area contributed by atoms with Gasteiger partial charge in [0.25, 0.3) is 0 Å². The largest absolute Gasteiger partial charge is 0.480 e. The van der Waals surface area contributed by atoms with E-state index in [-0.39, 0.29) is 5.91 Å². The highest BCUT2D eigenvalue weighted by Gasteiger charge is 2.34. The highest BCUT2D eigenvalue weighted by atomic mass is 16.4. The number of hydrogen-bond acceptors (Lipinski definition) is 2. The zero-order chi connectivity index (χ0) is 12.8. The second-order valence-electron chi connectivity index (χ2n) is 4.23. The molecule has 4 nitrogen and oxygen atoms in total. The predicted molar refractivity (Wildman–Crippen MR) is 61.8 cm³/mol. The van der Waals surface area contributed by atoms with Gasteiger partial charge in [-0.15, -0.1) is 12.3 Å². The Morgan fingerprint density at radius 1 is 1.38 bits per heavy atom. The van der Waals surface area contributed by atoms with Crippen LogP contribution in [0.4, 0.5) is 0 Å². The summed E-state index contributed by atoms with van der Waals surface area (Å²) in [6.45, 7) is 3.02. The number of unbranched alkanes of at least 4 members (excludes halogenated alkanes) is 2. The maximum atomic E-state index is 11.7. The first-order valence-electron chi connectivity index (χ1n) is 5.27. The molecule has 0 aromatic rings. The molecular weight excluding hydrogens is 206 g/mol. The number of carboxylic acids is 1. The van der Waals surface area contributed by atoms with E-state index >= 15 is 0 Å². The molecule has 0 atom stereocenters. The molecule has 0 heterocycles. The summed E-state index contributed by atoms with van der Waals surface area (Å²) in [6, 6.07) is 0. The van der Waals surface area contributed by atoms with Crippen LogP contribution in [0.5, 0.6) is 0 Å².